The first-order chi connectivity index (χ1) is 10.2. The van der Waals surface area contributed by atoms with Crippen LogP contribution in [0.5, 0.6) is 0 Å². The third-order valence-corrected chi connectivity index (χ3v) is 4.20. The van der Waals surface area contributed by atoms with Gasteiger partial charge in [-0.3, -0.25) is 4.90 Å². The van der Waals surface area contributed by atoms with Crippen molar-refractivity contribution in [2.24, 2.45) is 0 Å². The number of aryl methyl sites for hydroxylation is 1. The van der Waals surface area contributed by atoms with Gasteiger partial charge in [-0.05, 0) is 19.3 Å². The van der Waals surface area contributed by atoms with Crippen LogP contribution in [0.2, 0.25) is 0 Å². The molecule has 21 heavy (non-hydrogen) atoms. The van der Waals surface area contributed by atoms with E-state index >= 15 is 0 Å². The van der Waals surface area contributed by atoms with E-state index in [9.17, 15) is 4.79 Å². The number of piperidine rings is 1. The summed E-state index contributed by atoms with van der Waals surface area (Å²) in [5.74, 6) is 1.26. The monoisotopic (exact) mass is 293 g/mol. The predicted octanol–water partition coefficient (Wildman–Crippen LogP) is 1.10. The SMILES string of the molecule is Cc1nnc(CN2CCN(C(=O)N3CCCCC3)CC2)o1. The summed E-state index contributed by atoms with van der Waals surface area (Å²) in [6.07, 6.45) is 3.53. The first-order valence-corrected chi connectivity index (χ1v) is 7.77. The number of urea groups is 1. The number of rotatable bonds is 2. The van der Waals surface area contributed by atoms with Gasteiger partial charge in [0.15, 0.2) is 0 Å². The summed E-state index contributed by atoms with van der Waals surface area (Å²) in [7, 11) is 0. The van der Waals surface area contributed by atoms with Crippen LogP contribution in [0.4, 0.5) is 4.79 Å². The molecule has 0 spiro atoms. The van der Waals surface area contributed by atoms with Crippen molar-refractivity contribution >= 4 is 6.03 Å². The Kier molecular flexibility index (Phi) is 4.38. The largest absolute Gasteiger partial charge is 0.424 e. The Morgan fingerprint density at radius 2 is 1.67 bits per heavy atom. The summed E-state index contributed by atoms with van der Waals surface area (Å²) in [5.41, 5.74) is 0. The number of piperazine rings is 1. The number of carbonyl (C=O) groups is 1. The van der Waals surface area contributed by atoms with E-state index in [0.29, 0.717) is 18.3 Å². The predicted molar refractivity (Wildman–Crippen MR) is 76.7 cm³/mol. The lowest BCUT2D eigenvalue weighted by molar-refractivity contribution is 0.101. The minimum atomic E-state index is 0.211. The number of aromatic nitrogens is 2. The molecule has 2 saturated heterocycles. The average molecular weight is 293 g/mol. The topological polar surface area (TPSA) is 65.7 Å². The summed E-state index contributed by atoms with van der Waals surface area (Å²) in [4.78, 5) is 18.6. The molecule has 3 rings (SSSR count). The van der Waals surface area contributed by atoms with Gasteiger partial charge in [-0.1, -0.05) is 0 Å². The lowest BCUT2D eigenvalue weighted by atomic mass is 10.1. The van der Waals surface area contributed by atoms with Crippen molar-refractivity contribution in [3.63, 3.8) is 0 Å². The molecule has 7 heteroatoms. The first-order valence-electron chi connectivity index (χ1n) is 7.77. The van der Waals surface area contributed by atoms with Crippen molar-refractivity contribution in [1.82, 2.24) is 24.9 Å². The van der Waals surface area contributed by atoms with Crippen LogP contribution >= 0.6 is 0 Å². The average Bonchev–Trinajstić information content (AvgIpc) is 2.93. The quantitative estimate of drug-likeness (QED) is 0.817. The van der Waals surface area contributed by atoms with E-state index in [1.807, 2.05) is 9.80 Å². The molecule has 2 amide bonds. The Morgan fingerprint density at radius 3 is 2.29 bits per heavy atom. The van der Waals surface area contributed by atoms with Gasteiger partial charge in [0.05, 0.1) is 6.54 Å². The number of hydrogen-bond acceptors (Lipinski definition) is 5. The minimum absolute atomic E-state index is 0.211. The highest BCUT2D eigenvalue weighted by molar-refractivity contribution is 5.74. The second-order valence-corrected chi connectivity index (χ2v) is 5.81. The highest BCUT2D eigenvalue weighted by atomic mass is 16.4. The van der Waals surface area contributed by atoms with E-state index in [0.717, 1.165) is 52.1 Å². The molecule has 2 fully saturated rings. The summed E-state index contributed by atoms with van der Waals surface area (Å²) in [6.45, 7) is 7.59. The van der Waals surface area contributed by atoms with Crippen LogP contribution in [0.3, 0.4) is 0 Å². The Labute approximate surface area is 124 Å². The van der Waals surface area contributed by atoms with Gasteiger partial charge < -0.3 is 14.2 Å². The number of nitrogens with zero attached hydrogens (tertiary/aromatic N) is 5. The smallest absolute Gasteiger partial charge is 0.320 e. The second kappa shape index (κ2) is 6.43. The van der Waals surface area contributed by atoms with Crippen LogP contribution in [-0.4, -0.2) is 70.2 Å². The molecular weight excluding hydrogens is 270 g/mol. The molecule has 1 aromatic heterocycles. The third kappa shape index (κ3) is 3.53. The van der Waals surface area contributed by atoms with Crippen molar-refractivity contribution in [3.05, 3.63) is 11.8 Å². The summed E-state index contributed by atoms with van der Waals surface area (Å²) < 4.78 is 5.40. The zero-order valence-corrected chi connectivity index (χ0v) is 12.6. The van der Waals surface area contributed by atoms with Crippen LogP contribution in [0.15, 0.2) is 4.42 Å². The van der Waals surface area contributed by atoms with E-state index in [4.69, 9.17) is 4.42 Å². The Balaban J connectivity index is 1.47. The molecule has 0 aromatic carbocycles. The fraction of sp³-hybridized carbons (Fsp3) is 0.786. The summed E-state index contributed by atoms with van der Waals surface area (Å²) in [5, 5.41) is 7.86. The third-order valence-electron chi connectivity index (χ3n) is 4.20. The molecule has 3 heterocycles. The lowest BCUT2D eigenvalue weighted by Gasteiger charge is -2.38. The molecule has 2 aliphatic heterocycles. The van der Waals surface area contributed by atoms with Crippen LogP contribution in [0.25, 0.3) is 0 Å². The molecule has 116 valence electrons. The summed E-state index contributed by atoms with van der Waals surface area (Å²) >= 11 is 0. The maximum Gasteiger partial charge on any atom is 0.320 e. The zero-order valence-electron chi connectivity index (χ0n) is 12.6. The minimum Gasteiger partial charge on any atom is -0.424 e. The molecule has 0 unspecified atom stereocenters. The molecule has 0 bridgehead atoms. The zero-order chi connectivity index (χ0) is 14.7. The molecule has 0 saturated carbocycles. The first kappa shape index (κ1) is 14.3. The lowest BCUT2D eigenvalue weighted by Crippen LogP contribution is -2.53. The molecular formula is C14H23N5O2. The van der Waals surface area contributed by atoms with Gasteiger partial charge in [-0.2, -0.15) is 0 Å². The number of carbonyl (C=O) groups excluding carboxylic acids is 1. The molecule has 1 aromatic rings. The van der Waals surface area contributed by atoms with E-state index in [1.165, 1.54) is 6.42 Å². The summed E-state index contributed by atoms with van der Waals surface area (Å²) in [6, 6.07) is 0.211. The van der Waals surface area contributed by atoms with Gasteiger partial charge in [0.2, 0.25) is 11.8 Å². The fourth-order valence-corrected chi connectivity index (χ4v) is 2.98. The van der Waals surface area contributed by atoms with Crippen molar-refractivity contribution < 1.29 is 9.21 Å². The normalized spacial score (nSPS) is 20.8. The molecule has 0 radical (unpaired) electrons. The van der Waals surface area contributed by atoms with Crippen LogP contribution < -0.4 is 0 Å². The van der Waals surface area contributed by atoms with Crippen molar-refractivity contribution in [2.45, 2.75) is 32.7 Å². The van der Waals surface area contributed by atoms with Crippen LogP contribution in [0.1, 0.15) is 31.0 Å². The standard InChI is InChI=1S/C14H23N5O2/c1-12-15-16-13(21-12)11-17-7-9-19(10-8-17)14(20)18-5-3-2-4-6-18/h2-11H2,1H3. The Morgan fingerprint density at radius 1 is 1.00 bits per heavy atom. The molecule has 7 nitrogen and oxygen atoms in total. The molecule has 0 atom stereocenters. The van der Waals surface area contributed by atoms with Gasteiger partial charge in [0, 0.05) is 46.2 Å². The highest BCUT2D eigenvalue weighted by Crippen LogP contribution is 2.14. The highest BCUT2D eigenvalue weighted by Gasteiger charge is 2.26. The van der Waals surface area contributed by atoms with E-state index in [2.05, 4.69) is 15.1 Å². The van der Waals surface area contributed by atoms with E-state index in [1.54, 1.807) is 6.92 Å². The van der Waals surface area contributed by atoms with Crippen LogP contribution in [0, 0.1) is 6.92 Å². The maximum atomic E-state index is 12.4. The molecule has 2 aliphatic rings. The van der Waals surface area contributed by atoms with Crippen molar-refractivity contribution in [1.29, 1.82) is 0 Å². The number of hydrogen-bond donors (Lipinski definition) is 0. The molecule has 0 aliphatic carbocycles. The number of likely N-dealkylation sites (tertiary alicyclic amines) is 1. The van der Waals surface area contributed by atoms with Crippen molar-refractivity contribution in [2.75, 3.05) is 39.3 Å². The van der Waals surface area contributed by atoms with Gasteiger partial charge >= 0.3 is 6.03 Å². The molecule has 0 N–H and O–H groups in total. The van der Waals surface area contributed by atoms with E-state index in [-0.39, 0.29) is 6.03 Å². The van der Waals surface area contributed by atoms with Gasteiger partial charge in [-0.15, -0.1) is 10.2 Å². The van der Waals surface area contributed by atoms with E-state index < -0.39 is 0 Å². The Hall–Kier alpha value is -1.63. The van der Waals surface area contributed by atoms with Gasteiger partial charge in [-0.25, -0.2) is 4.79 Å². The number of amides is 2. The second-order valence-electron chi connectivity index (χ2n) is 5.81. The Bertz CT molecular complexity index is 475. The van der Waals surface area contributed by atoms with Gasteiger partial charge in [0.25, 0.3) is 0 Å². The maximum absolute atomic E-state index is 12.4. The van der Waals surface area contributed by atoms with Crippen LogP contribution in [-0.2, 0) is 6.54 Å². The van der Waals surface area contributed by atoms with Gasteiger partial charge in [0.1, 0.15) is 0 Å². The van der Waals surface area contributed by atoms with Crippen molar-refractivity contribution in [3.8, 4) is 0 Å². The fourth-order valence-electron chi connectivity index (χ4n) is 2.98.